The Bertz CT molecular complexity index is 1260. The molecule has 2 heterocycles. The number of sulfonamides is 1. The van der Waals surface area contributed by atoms with E-state index in [-0.39, 0.29) is 4.90 Å². The minimum absolute atomic E-state index is 0.0712. The van der Waals surface area contributed by atoms with Gasteiger partial charge in [-0.2, -0.15) is 0 Å². The Morgan fingerprint density at radius 3 is 2.46 bits per heavy atom. The molecule has 0 saturated heterocycles. The molecule has 4 rings (SSSR count). The van der Waals surface area contributed by atoms with E-state index in [9.17, 15) is 13.2 Å². The second-order valence-electron chi connectivity index (χ2n) is 6.02. The Morgan fingerprint density at radius 2 is 1.71 bits per heavy atom. The molecule has 2 aromatic carbocycles. The Morgan fingerprint density at radius 1 is 1.00 bits per heavy atom. The molecule has 0 aliphatic rings. The Labute approximate surface area is 165 Å². The number of nitrogens with one attached hydrogen (secondary N) is 2. The van der Waals surface area contributed by atoms with E-state index in [0.717, 1.165) is 21.7 Å². The lowest BCUT2D eigenvalue weighted by Crippen LogP contribution is -2.41. The van der Waals surface area contributed by atoms with Gasteiger partial charge in [0.15, 0.2) is 5.82 Å². The molecule has 142 valence electrons. The molecule has 7 nitrogen and oxygen atoms in total. The molecule has 0 aliphatic heterocycles. The fraction of sp³-hybridized carbons (Fsp3) is 0.0526. The minimum atomic E-state index is -3.83. The van der Waals surface area contributed by atoms with Crippen LogP contribution in [0.1, 0.15) is 9.67 Å². The van der Waals surface area contributed by atoms with E-state index in [4.69, 9.17) is 0 Å². The Kier molecular flexibility index (Phi) is 4.71. The van der Waals surface area contributed by atoms with Crippen LogP contribution in [0.15, 0.2) is 71.6 Å². The third-order valence-corrected chi connectivity index (χ3v) is 6.53. The van der Waals surface area contributed by atoms with E-state index < -0.39 is 15.9 Å². The second kappa shape index (κ2) is 7.19. The highest BCUT2D eigenvalue weighted by Crippen LogP contribution is 2.29. The van der Waals surface area contributed by atoms with Crippen molar-refractivity contribution in [1.82, 2.24) is 19.8 Å². The number of benzene rings is 2. The quantitative estimate of drug-likeness (QED) is 0.493. The summed E-state index contributed by atoms with van der Waals surface area (Å²) in [6, 6.07) is 19.0. The first-order valence-electron chi connectivity index (χ1n) is 8.34. The van der Waals surface area contributed by atoms with Crippen molar-refractivity contribution < 1.29 is 13.2 Å². The van der Waals surface area contributed by atoms with Crippen LogP contribution in [0.4, 0.5) is 0 Å². The van der Waals surface area contributed by atoms with E-state index in [0.29, 0.717) is 4.88 Å². The number of thiophene rings is 1. The predicted molar refractivity (Wildman–Crippen MR) is 108 cm³/mol. The van der Waals surface area contributed by atoms with Crippen molar-refractivity contribution in [2.45, 2.75) is 4.90 Å². The van der Waals surface area contributed by atoms with E-state index in [1.54, 1.807) is 30.3 Å². The van der Waals surface area contributed by atoms with Gasteiger partial charge >= 0.3 is 0 Å². The van der Waals surface area contributed by atoms with Crippen molar-refractivity contribution in [3.63, 3.8) is 0 Å². The predicted octanol–water partition coefficient (Wildman–Crippen LogP) is 2.93. The fourth-order valence-electron chi connectivity index (χ4n) is 2.78. The highest BCUT2D eigenvalue weighted by Gasteiger charge is 2.18. The molecule has 2 N–H and O–H groups in total. The second-order valence-corrected chi connectivity index (χ2v) is 8.79. The summed E-state index contributed by atoms with van der Waals surface area (Å²) in [4.78, 5) is 20.4. The maximum Gasteiger partial charge on any atom is 0.276 e. The molecule has 2 aromatic heterocycles. The van der Waals surface area contributed by atoms with Crippen LogP contribution in [0.3, 0.4) is 0 Å². The highest BCUT2D eigenvalue weighted by molar-refractivity contribution is 7.89. The molecule has 0 atom stereocenters. The van der Waals surface area contributed by atoms with E-state index in [1.165, 1.54) is 23.5 Å². The summed E-state index contributed by atoms with van der Waals surface area (Å²) in [6.07, 6.45) is 0. The molecule has 0 saturated carbocycles. The smallest absolute Gasteiger partial charge is 0.276 e. The third-order valence-electron chi connectivity index (χ3n) is 4.19. The maximum atomic E-state index is 12.4. The van der Waals surface area contributed by atoms with Crippen LogP contribution >= 0.6 is 11.3 Å². The van der Waals surface area contributed by atoms with Gasteiger partial charge in [0.25, 0.3) is 15.9 Å². The Balaban J connectivity index is 1.52. The summed E-state index contributed by atoms with van der Waals surface area (Å²) in [6.45, 7) is 0. The monoisotopic (exact) mass is 412 g/mol. The molecule has 0 unspecified atom stereocenters. The third kappa shape index (κ3) is 3.42. The largest absolute Gasteiger partial charge is 0.326 e. The molecule has 0 spiro atoms. The highest BCUT2D eigenvalue weighted by atomic mass is 32.2. The number of rotatable bonds is 5. The van der Waals surface area contributed by atoms with Gasteiger partial charge < -0.3 is 4.57 Å². The molecule has 4 aromatic rings. The lowest BCUT2D eigenvalue weighted by molar-refractivity contribution is 0.0949. The average molecular weight is 412 g/mol. The van der Waals surface area contributed by atoms with Gasteiger partial charge in [0.1, 0.15) is 0 Å². The normalized spacial score (nSPS) is 11.6. The number of hydrazine groups is 1. The van der Waals surface area contributed by atoms with Crippen LogP contribution in [-0.4, -0.2) is 23.9 Å². The minimum Gasteiger partial charge on any atom is -0.326 e. The van der Waals surface area contributed by atoms with E-state index in [1.807, 2.05) is 35.9 Å². The first kappa shape index (κ1) is 18.4. The number of fused-ring (bicyclic) bond motifs is 1. The van der Waals surface area contributed by atoms with Crippen LogP contribution in [0.5, 0.6) is 0 Å². The van der Waals surface area contributed by atoms with E-state index in [2.05, 4.69) is 15.2 Å². The zero-order valence-electron chi connectivity index (χ0n) is 14.8. The first-order valence-corrected chi connectivity index (χ1v) is 10.6. The fourth-order valence-corrected chi connectivity index (χ4v) is 4.57. The molecule has 9 heteroatoms. The number of hydrogen-bond acceptors (Lipinski definition) is 5. The standard InChI is InChI=1S/C19H16N4O3S2/c1-23-15-10-6-5-9-14(15)20-18(23)16-11-12-17(27-16)19(24)21-22-28(25,26)13-7-3-2-4-8-13/h2-12,22H,1H3,(H,21,24). The molecule has 0 bridgehead atoms. The van der Waals surface area contributed by atoms with Crippen LogP contribution in [0.25, 0.3) is 21.7 Å². The first-order chi connectivity index (χ1) is 13.5. The molecule has 28 heavy (non-hydrogen) atoms. The summed E-state index contributed by atoms with van der Waals surface area (Å²) >= 11 is 1.24. The topological polar surface area (TPSA) is 93.1 Å². The van der Waals surface area contributed by atoms with Crippen molar-refractivity contribution in [2.24, 2.45) is 7.05 Å². The summed E-state index contributed by atoms with van der Waals surface area (Å²) in [5.41, 5.74) is 4.11. The molecule has 0 fully saturated rings. The number of hydrogen-bond donors (Lipinski definition) is 2. The van der Waals surface area contributed by atoms with Gasteiger partial charge in [-0.05, 0) is 36.4 Å². The summed E-state index contributed by atoms with van der Waals surface area (Å²) in [7, 11) is -1.91. The van der Waals surface area contributed by atoms with Crippen molar-refractivity contribution in [2.75, 3.05) is 0 Å². The van der Waals surface area contributed by atoms with Crippen LogP contribution in [0, 0.1) is 0 Å². The number of aromatic nitrogens is 2. The SMILES string of the molecule is Cn1c(-c2ccc(C(=O)NNS(=O)(=O)c3ccccc3)s2)nc2ccccc21. The van der Waals surface area contributed by atoms with E-state index >= 15 is 0 Å². The van der Waals surface area contributed by atoms with Gasteiger partial charge in [-0.1, -0.05) is 30.3 Å². The van der Waals surface area contributed by atoms with Gasteiger partial charge in [0, 0.05) is 7.05 Å². The molecule has 0 radical (unpaired) electrons. The summed E-state index contributed by atoms with van der Waals surface area (Å²) < 4.78 is 26.4. The Hall–Kier alpha value is -3.01. The number of aryl methyl sites for hydroxylation is 1. The van der Waals surface area contributed by atoms with Gasteiger partial charge in [-0.3, -0.25) is 10.2 Å². The van der Waals surface area contributed by atoms with Gasteiger partial charge in [0.2, 0.25) is 0 Å². The zero-order chi connectivity index (χ0) is 19.7. The number of imidazole rings is 1. The van der Waals surface area contributed by atoms with Crippen molar-refractivity contribution in [3.8, 4) is 10.7 Å². The van der Waals surface area contributed by atoms with Gasteiger partial charge in [-0.15, -0.1) is 16.2 Å². The summed E-state index contributed by atoms with van der Waals surface area (Å²) in [5.74, 6) is 0.213. The van der Waals surface area contributed by atoms with Crippen LogP contribution in [-0.2, 0) is 17.1 Å². The molecular weight excluding hydrogens is 396 g/mol. The van der Waals surface area contributed by atoms with Crippen LogP contribution < -0.4 is 10.3 Å². The van der Waals surface area contributed by atoms with Crippen molar-refractivity contribution in [1.29, 1.82) is 0 Å². The lowest BCUT2D eigenvalue weighted by atomic mass is 10.3. The number of carbonyl (C=O) groups is 1. The molecular formula is C19H16N4O3S2. The zero-order valence-corrected chi connectivity index (χ0v) is 16.4. The lowest BCUT2D eigenvalue weighted by Gasteiger charge is -2.07. The van der Waals surface area contributed by atoms with Crippen molar-refractivity contribution in [3.05, 3.63) is 71.6 Å². The number of para-hydroxylation sites is 2. The number of amides is 1. The van der Waals surface area contributed by atoms with Crippen molar-refractivity contribution >= 4 is 38.3 Å². The van der Waals surface area contributed by atoms with Gasteiger partial charge in [-0.25, -0.2) is 13.4 Å². The number of nitrogens with zero attached hydrogens (tertiary/aromatic N) is 2. The van der Waals surface area contributed by atoms with Gasteiger partial charge in [0.05, 0.1) is 25.7 Å². The summed E-state index contributed by atoms with van der Waals surface area (Å²) in [5, 5.41) is 0. The molecule has 0 aliphatic carbocycles. The molecule has 1 amide bonds. The number of carbonyl (C=O) groups excluding carboxylic acids is 1. The average Bonchev–Trinajstić information content (AvgIpc) is 3.32. The van der Waals surface area contributed by atoms with Crippen LogP contribution in [0.2, 0.25) is 0 Å². The maximum absolute atomic E-state index is 12.4.